The van der Waals surface area contributed by atoms with Crippen LogP contribution in [0.4, 0.5) is 5.69 Å². The minimum atomic E-state index is -0.0331. The summed E-state index contributed by atoms with van der Waals surface area (Å²) in [6.07, 6.45) is 2.18. The van der Waals surface area contributed by atoms with Crippen molar-refractivity contribution in [3.8, 4) is 0 Å². The van der Waals surface area contributed by atoms with Gasteiger partial charge in [0.15, 0.2) is 0 Å². The van der Waals surface area contributed by atoms with Crippen LogP contribution in [0.2, 0.25) is 0 Å². The Balaban J connectivity index is 1.85. The van der Waals surface area contributed by atoms with Gasteiger partial charge in [-0.2, -0.15) is 0 Å². The zero-order chi connectivity index (χ0) is 15.4. The molecule has 3 heteroatoms. The number of anilines is 1. The zero-order valence-corrected chi connectivity index (χ0v) is 12.9. The van der Waals surface area contributed by atoms with E-state index in [2.05, 4.69) is 53.1 Å². The van der Waals surface area contributed by atoms with E-state index in [1.807, 2.05) is 12.1 Å². The van der Waals surface area contributed by atoms with Gasteiger partial charge in [0.2, 0.25) is 5.91 Å². The summed E-state index contributed by atoms with van der Waals surface area (Å²) in [7, 11) is 0. The Hall–Kier alpha value is -2.13. The molecule has 0 radical (unpaired) electrons. The lowest BCUT2D eigenvalue weighted by molar-refractivity contribution is -0.114. The predicted octanol–water partition coefficient (Wildman–Crippen LogP) is 3.12. The molecule has 1 aliphatic rings. The van der Waals surface area contributed by atoms with Gasteiger partial charge in [0.05, 0.1) is 0 Å². The molecule has 1 aliphatic heterocycles. The van der Waals surface area contributed by atoms with Crippen molar-refractivity contribution in [2.24, 2.45) is 0 Å². The first-order valence-corrected chi connectivity index (χ1v) is 7.81. The minimum absolute atomic E-state index is 0.0331. The lowest BCUT2D eigenvalue weighted by atomic mass is 9.75. The van der Waals surface area contributed by atoms with E-state index in [0.29, 0.717) is 0 Å². The molecule has 1 fully saturated rings. The topological polar surface area (TPSA) is 41.1 Å². The molecular weight excluding hydrogens is 272 g/mol. The fourth-order valence-electron chi connectivity index (χ4n) is 3.34. The van der Waals surface area contributed by atoms with Crippen LogP contribution in [0, 0.1) is 0 Å². The van der Waals surface area contributed by atoms with Gasteiger partial charge in [0.25, 0.3) is 0 Å². The number of carbonyl (C=O) groups excluding carboxylic acids is 1. The molecule has 0 spiro atoms. The highest BCUT2D eigenvalue weighted by atomic mass is 16.1. The molecule has 0 aromatic heterocycles. The predicted molar refractivity (Wildman–Crippen MR) is 90.1 cm³/mol. The van der Waals surface area contributed by atoms with Crippen LogP contribution >= 0.6 is 0 Å². The summed E-state index contributed by atoms with van der Waals surface area (Å²) in [6.45, 7) is 3.59. The molecule has 0 aliphatic carbocycles. The Morgan fingerprint density at radius 1 is 1.14 bits per heavy atom. The molecule has 0 bridgehead atoms. The maximum atomic E-state index is 11.1. The van der Waals surface area contributed by atoms with Crippen molar-refractivity contribution < 1.29 is 4.79 Å². The molecular formula is C19H22N2O. The van der Waals surface area contributed by atoms with Crippen LogP contribution in [0.15, 0.2) is 54.6 Å². The SMILES string of the molecule is CC(=O)Nc1ccc(C2(Cc3ccccc3)CCNC2)cc1. The number of amides is 1. The van der Waals surface area contributed by atoms with Gasteiger partial charge >= 0.3 is 0 Å². The molecule has 2 aromatic rings. The second kappa shape index (κ2) is 6.32. The van der Waals surface area contributed by atoms with Crippen molar-refractivity contribution >= 4 is 11.6 Å². The smallest absolute Gasteiger partial charge is 0.221 e. The van der Waals surface area contributed by atoms with Crippen LogP contribution in [0.5, 0.6) is 0 Å². The van der Waals surface area contributed by atoms with Crippen LogP contribution in [0.3, 0.4) is 0 Å². The van der Waals surface area contributed by atoms with Gasteiger partial charge < -0.3 is 10.6 Å². The molecule has 1 amide bonds. The normalized spacial score (nSPS) is 20.8. The van der Waals surface area contributed by atoms with E-state index in [1.54, 1.807) is 0 Å². The van der Waals surface area contributed by atoms with Gasteiger partial charge in [-0.25, -0.2) is 0 Å². The summed E-state index contributed by atoms with van der Waals surface area (Å²) in [5.41, 5.74) is 3.72. The van der Waals surface area contributed by atoms with Gasteiger partial charge in [-0.3, -0.25) is 4.79 Å². The zero-order valence-electron chi connectivity index (χ0n) is 12.9. The lowest BCUT2D eigenvalue weighted by Gasteiger charge is -2.29. The summed E-state index contributed by atoms with van der Waals surface area (Å²) < 4.78 is 0. The fourth-order valence-corrected chi connectivity index (χ4v) is 3.34. The van der Waals surface area contributed by atoms with E-state index >= 15 is 0 Å². The number of rotatable bonds is 4. The van der Waals surface area contributed by atoms with E-state index in [1.165, 1.54) is 18.1 Å². The first-order valence-electron chi connectivity index (χ1n) is 7.81. The number of hydrogen-bond acceptors (Lipinski definition) is 2. The van der Waals surface area contributed by atoms with E-state index < -0.39 is 0 Å². The summed E-state index contributed by atoms with van der Waals surface area (Å²) >= 11 is 0. The minimum Gasteiger partial charge on any atom is -0.326 e. The van der Waals surface area contributed by atoms with Gasteiger partial charge in [-0.05, 0) is 42.6 Å². The van der Waals surface area contributed by atoms with Gasteiger partial charge in [-0.1, -0.05) is 42.5 Å². The quantitative estimate of drug-likeness (QED) is 0.909. The van der Waals surface area contributed by atoms with Crippen molar-refractivity contribution in [1.82, 2.24) is 5.32 Å². The highest BCUT2D eigenvalue weighted by Crippen LogP contribution is 2.35. The highest BCUT2D eigenvalue weighted by molar-refractivity contribution is 5.88. The molecule has 2 aromatic carbocycles. The summed E-state index contributed by atoms with van der Waals surface area (Å²) in [4.78, 5) is 11.1. The van der Waals surface area contributed by atoms with Crippen LogP contribution in [-0.2, 0) is 16.6 Å². The van der Waals surface area contributed by atoms with Crippen molar-refractivity contribution in [1.29, 1.82) is 0 Å². The second-order valence-corrected chi connectivity index (χ2v) is 6.13. The van der Waals surface area contributed by atoms with Gasteiger partial charge in [0.1, 0.15) is 0 Å². The first-order chi connectivity index (χ1) is 10.7. The van der Waals surface area contributed by atoms with Crippen LogP contribution in [-0.4, -0.2) is 19.0 Å². The van der Waals surface area contributed by atoms with Crippen molar-refractivity contribution in [2.45, 2.75) is 25.2 Å². The van der Waals surface area contributed by atoms with E-state index in [0.717, 1.165) is 31.6 Å². The second-order valence-electron chi connectivity index (χ2n) is 6.13. The number of benzene rings is 2. The molecule has 114 valence electrons. The maximum Gasteiger partial charge on any atom is 0.221 e. The monoisotopic (exact) mass is 294 g/mol. The third-order valence-corrected chi connectivity index (χ3v) is 4.45. The van der Waals surface area contributed by atoms with Gasteiger partial charge in [-0.15, -0.1) is 0 Å². The molecule has 2 N–H and O–H groups in total. The third kappa shape index (κ3) is 3.20. The van der Waals surface area contributed by atoms with Crippen LogP contribution < -0.4 is 10.6 Å². The number of carbonyl (C=O) groups is 1. The van der Waals surface area contributed by atoms with E-state index in [-0.39, 0.29) is 11.3 Å². The highest BCUT2D eigenvalue weighted by Gasteiger charge is 2.35. The lowest BCUT2D eigenvalue weighted by Crippen LogP contribution is -2.31. The molecule has 1 saturated heterocycles. The Labute approximate surface area is 131 Å². The molecule has 1 heterocycles. The fraction of sp³-hybridized carbons (Fsp3) is 0.316. The van der Waals surface area contributed by atoms with Crippen molar-refractivity contribution in [3.63, 3.8) is 0 Å². The Morgan fingerprint density at radius 3 is 2.45 bits per heavy atom. The molecule has 1 atom stereocenters. The Kier molecular flexibility index (Phi) is 4.25. The molecule has 1 unspecified atom stereocenters. The Morgan fingerprint density at radius 2 is 1.86 bits per heavy atom. The summed E-state index contributed by atoms with van der Waals surface area (Å²) in [5, 5.41) is 6.34. The van der Waals surface area contributed by atoms with E-state index in [4.69, 9.17) is 0 Å². The van der Waals surface area contributed by atoms with Crippen LogP contribution in [0.1, 0.15) is 24.5 Å². The van der Waals surface area contributed by atoms with Gasteiger partial charge in [0, 0.05) is 24.6 Å². The molecule has 3 rings (SSSR count). The van der Waals surface area contributed by atoms with Crippen molar-refractivity contribution in [3.05, 3.63) is 65.7 Å². The summed E-state index contributed by atoms with van der Waals surface area (Å²) in [6, 6.07) is 19.0. The molecule has 0 saturated carbocycles. The summed E-state index contributed by atoms with van der Waals surface area (Å²) in [5.74, 6) is -0.0331. The Bertz CT molecular complexity index is 628. The van der Waals surface area contributed by atoms with Crippen LogP contribution in [0.25, 0.3) is 0 Å². The largest absolute Gasteiger partial charge is 0.326 e. The third-order valence-electron chi connectivity index (χ3n) is 4.45. The molecule has 22 heavy (non-hydrogen) atoms. The van der Waals surface area contributed by atoms with Crippen molar-refractivity contribution in [2.75, 3.05) is 18.4 Å². The number of hydrogen-bond donors (Lipinski definition) is 2. The van der Waals surface area contributed by atoms with E-state index in [9.17, 15) is 4.79 Å². The first kappa shape index (κ1) is 14.8. The average molecular weight is 294 g/mol. The number of nitrogens with one attached hydrogen (secondary N) is 2. The molecule has 3 nitrogen and oxygen atoms in total. The maximum absolute atomic E-state index is 11.1. The standard InChI is InChI=1S/C19H22N2O/c1-15(22)21-18-9-7-17(8-10-18)19(11-12-20-14-19)13-16-5-3-2-4-6-16/h2-10,20H,11-14H2,1H3,(H,21,22). The average Bonchev–Trinajstić information content (AvgIpc) is 2.98.